The summed E-state index contributed by atoms with van der Waals surface area (Å²) in [7, 11) is 1.98. The van der Waals surface area contributed by atoms with E-state index in [2.05, 4.69) is 27.7 Å². The molecule has 4 rings (SSSR count). The van der Waals surface area contributed by atoms with E-state index in [1.807, 2.05) is 31.3 Å². The van der Waals surface area contributed by atoms with Crippen LogP contribution in [0, 0.1) is 11.6 Å². The third-order valence-corrected chi connectivity index (χ3v) is 7.00. The molecule has 1 aliphatic carbocycles. The zero-order valence-corrected chi connectivity index (χ0v) is 21.6. The zero-order valence-electron chi connectivity index (χ0n) is 21.6. The summed E-state index contributed by atoms with van der Waals surface area (Å²) in [5.74, 6) is -2.99. The van der Waals surface area contributed by atoms with Crippen LogP contribution in [-0.4, -0.2) is 42.4 Å². The van der Waals surface area contributed by atoms with E-state index in [1.54, 1.807) is 12.1 Å². The Balaban J connectivity index is 1.53. The first-order valence-corrected chi connectivity index (χ1v) is 13.0. The number of rotatable bonds is 9. The van der Waals surface area contributed by atoms with Gasteiger partial charge in [0.15, 0.2) is 11.6 Å². The monoisotopic (exact) mass is 520 g/mol. The number of benzene rings is 3. The van der Waals surface area contributed by atoms with E-state index in [1.165, 1.54) is 11.6 Å². The molecule has 38 heavy (non-hydrogen) atoms. The summed E-state index contributed by atoms with van der Waals surface area (Å²) < 4.78 is 27.1. The second-order valence-electron chi connectivity index (χ2n) is 9.96. The number of amides is 2. The van der Waals surface area contributed by atoms with Gasteiger partial charge in [0.25, 0.3) is 11.8 Å². The summed E-state index contributed by atoms with van der Waals surface area (Å²) in [6.07, 6.45) is 4.63. The number of carbonyl (C=O) groups is 2. The lowest BCUT2D eigenvalue weighted by Gasteiger charge is -2.29. The molecule has 0 aromatic heterocycles. The van der Waals surface area contributed by atoms with Gasteiger partial charge >= 0.3 is 0 Å². The van der Waals surface area contributed by atoms with Gasteiger partial charge in [0, 0.05) is 42.0 Å². The van der Waals surface area contributed by atoms with Crippen LogP contribution in [0.5, 0.6) is 0 Å². The van der Waals surface area contributed by atoms with Crippen LogP contribution in [-0.2, 0) is 13.0 Å². The van der Waals surface area contributed by atoms with Crippen molar-refractivity contribution in [1.29, 1.82) is 0 Å². The molecule has 0 spiro atoms. The number of halogens is 2. The van der Waals surface area contributed by atoms with E-state index < -0.39 is 17.5 Å². The summed E-state index contributed by atoms with van der Waals surface area (Å²) in [5.41, 5.74) is 9.03. The van der Waals surface area contributed by atoms with E-state index in [0.717, 1.165) is 56.3 Å². The molecule has 6 nitrogen and oxygen atoms in total. The van der Waals surface area contributed by atoms with Gasteiger partial charge in [-0.25, -0.2) is 8.78 Å². The summed E-state index contributed by atoms with van der Waals surface area (Å²) in [5, 5.41) is 5.83. The number of carbonyl (C=O) groups excluding carboxylic acids is 2. The van der Waals surface area contributed by atoms with Crippen molar-refractivity contribution in [1.82, 2.24) is 10.2 Å². The predicted octanol–water partition coefficient (Wildman–Crippen LogP) is 4.89. The number of likely N-dealkylation sites (N-methyl/N-ethyl adjacent to an activating group) is 1. The molecule has 1 aliphatic rings. The van der Waals surface area contributed by atoms with Gasteiger partial charge in [-0.2, -0.15) is 0 Å². The van der Waals surface area contributed by atoms with Crippen LogP contribution >= 0.6 is 0 Å². The fourth-order valence-electron chi connectivity index (χ4n) is 4.73. The second kappa shape index (κ2) is 12.8. The van der Waals surface area contributed by atoms with E-state index in [0.29, 0.717) is 17.8 Å². The molecule has 200 valence electrons. The minimum atomic E-state index is -1.10. The van der Waals surface area contributed by atoms with Gasteiger partial charge in [-0.15, -0.1) is 0 Å². The highest BCUT2D eigenvalue weighted by atomic mass is 19.2. The van der Waals surface area contributed by atoms with Crippen molar-refractivity contribution in [3.8, 4) is 0 Å². The Hall–Kier alpha value is -3.62. The number of anilines is 1. The van der Waals surface area contributed by atoms with E-state index in [9.17, 15) is 18.4 Å². The van der Waals surface area contributed by atoms with Crippen LogP contribution in [0.3, 0.4) is 0 Å². The van der Waals surface area contributed by atoms with Gasteiger partial charge in [-0.3, -0.25) is 9.59 Å². The molecule has 3 aromatic carbocycles. The molecule has 2 unspecified atom stereocenters. The van der Waals surface area contributed by atoms with Gasteiger partial charge < -0.3 is 21.3 Å². The molecule has 1 fully saturated rings. The maximum atomic E-state index is 13.8. The molecule has 1 saturated carbocycles. The number of nitrogens with one attached hydrogen (secondary N) is 2. The van der Waals surface area contributed by atoms with Crippen LogP contribution in [0.1, 0.15) is 57.5 Å². The average molecular weight is 521 g/mol. The Labute approximate surface area is 222 Å². The first kappa shape index (κ1) is 27.4. The molecular weight excluding hydrogens is 486 g/mol. The zero-order chi connectivity index (χ0) is 27.1. The van der Waals surface area contributed by atoms with Crippen LogP contribution in [0.25, 0.3) is 0 Å². The lowest BCUT2D eigenvalue weighted by atomic mass is 9.91. The first-order valence-electron chi connectivity index (χ1n) is 13.0. The summed E-state index contributed by atoms with van der Waals surface area (Å²) in [6.45, 7) is 1.29. The number of nitrogens with zero attached hydrogens (tertiary/aromatic N) is 1. The number of hydrogen-bond donors (Lipinski definition) is 3. The SMILES string of the molecule is CN(CCc1ccccc1)Cc1ccc(C(=O)NC2CCCCC2N)cc1NC(=O)c1ccc(F)c(F)c1. The Kier molecular flexibility index (Phi) is 9.20. The molecule has 8 heteroatoms. The largest absolute Gasteiger partial charge is 0.348 e. The lowest BCUT2D eigenvalue weighted by Crippen LogP contribution is -2.49. The standard InChI is InChI=1S/C30H34F2N4O2/c1-36(16-15-20-7-3-2-4-8-20)19-23-12-11-22(30(38)34-27-10-6-5-9-26(27)33)18-28(23)35-29(37)21-13-14-24(31)25(32)17-21/h2-4,7-8,11-14,17-18,26-27H,5-6,9-10,15-16,19,33H2,1H3,(H,34,38)(H,35,37). The predicted molar refractivity (Wildman–Crippen MR) is 145 cm³/mol. The van der Waals surface area contributed by atoms with Crippen molar-refractivity contribution in [3.05, 3.63) is 101 Å². The molecule has 4 N–H and O–H groups in total. The second-order valence-corrected chi connectivity index (χ2v) is 9.96. The third kappa shape index (κ3) is 7.24. The van der Waals surface area contributed by atoms with Crippen molar-refractivity contribution in [2.45, 2.75) is 50.7 Å². The quantitative estimate of drug-likeness (QED) is 0.375. The molecule has 0 bridgehead atoms. The molecule has 2 amide bonds. The van der Waals surface area contributed by atoms with Crippen molar-refractivity contribution in [3.63, 3.8) is 0 Å². The minimum Gasteiger partial charge on any atom is -0.348 e. The molecule has 3 aromatic rings. The van der Waals surface area contributed by atoms with Crippen molar-refractivity contribution in [2.24, 2.45) is 5.73 Å². The van der Waals surface area contributed by atoms with Gasteiger partial charge in [0.2, 0.25) is 0 Å². The van der Waals surface area contributed by atoms with E-state index >= 15 is 0 Å². The van der Waals surface area contributed by atoms with Gasteiger partial charge in [-0.1, -0.05) is 49.2 Å². The first-order chi connectivity index (χ1) is 18.3. The highest BCUT2D eigenvalue weighted by molar-refractivity contribution is 6.05. The summed E-state index contributed by atoms with van der Waals surface area (Å²) in [6, 6.07) is 18.1. The minimum absolute atomic E-state index is 0.0182. The van der Waals surface area contributed by atoms with Crippen LogP contribution in [0.4, 0.5) is 14.5 Å². The molecular formula is C30H34F2N4O2. The molecule has 0 saturated heterocycles. The Morgan fingerprint density at radius 3 is 2.37 bits per heavy atom. The highest BCUT2D eigenvalue weighted by Gasteiger charge is 2.24. The third-order valence-electron chi connectivity index (χ3n) is 7.00. The molecule has 0 radical (unpaired) electrons. The average Bonchev–Trinajstić information content (AvgIpc) is 2.91. The Bertz CT molecular complexity index is 1270. The highest BCUT2D eigenvalue weighted by Crippen LogP contribution is 2.23. The fourth-order valence-corrected chi connectivity index (χ4v) is 4.73. The fraction of sp³-hybridized carbons (Fsp3) is 0.333. The smallest absolute Gasteiger partial charge is 0.255 e. The molecule has 2 atom stereocenters. The van der Waals surface area contributed by atoms with E-state index in [4.69, 9.17) is 5.73 Å². The topological polar surface area (TPSA) is 87.5 Å². The summed E-state index contributed by atoms with van der Waals surface area (Å²) >= 11 is 0. The Morgan fingerprint density at radius 1 is 0.921 bits per heavy atom. The molecule has 0 heterocycles. The van der Waals surface area contributed by atoms with Crippen LogP contribution in [0.15, 0.2) is 66.7 Å². The normalized spacial score (nSPS) is 17.3. The van der Waals surface area contributed by atoms with Gasteiger partial charge in [0.1, 0.15) is 0 Å². The summed E-state index contributed by atoms with van der Waals surface area (Å²) in [4.78, 5) is 28.1. The number of hydrogen-bond acceptors (Lipinski definition) is 4. The van der Waals surface area contributed by atoms with Crippen molar-refractivity contribution in [2.75, 3.05) is 18.9 Å². The van der Waals surface area contributed by atoms with Gasteiger partial charge in [-0.05, 0) is 67.8 Å². The number of nitrogens with two attached hydrogens (primary N) is 1. The maximum absolute atomic E-state index is 13.8. The van der Waals surface area contributed by atoms with Crippen LogP contribution in [0.2, 0.25) is 0 Å². The van der Waals surface area contributed by atoms with Crippen molar-refractivity contribution < 1.29 is 18.4 Å². The van der Waals surface area contributed by atoms with E-state index in [-0.39, 0.29) is 23.6 Å². The molecule has 0 aliphatic heterocycles. The maximum Gasteiger partial charge on any atom is 0.255 e. The van der Waals surface area contributed by atoms with Crippen LogP contribution < -0.4 is 16.4 Å². The van der Waals surface area contributed by atoms with Crippen molar-refractivity contribution >= 4 is 17.5 Å². The lowest BCUT2D eigenvalue weighted by molar-refractivity contribution is 0.0920. The Morgan fingerprint density at radius 2 is 1.63 bits per heavy atom. The van der Waals surface area contributed by atoms with Gasteiger partial charge in [0.05, 0.1) is 0 Å².